The van der Waals surface area contributed by atoms with Gasteiger partial charge in [-0.3, -0.25) is 0 Å². The Balaban J connectivity index is 1.79. The predicted molar refractivity (Wildman–Crippen MR) is 129 cm³/mol. The molecule has 0 saturated carbocycles. The molecule has 0 aromatic heterocycles. The number of rotatable bonds is 6. The molecule has 0 atom stereocenters. The zero-order valence-electron chi connectivity index (χ0n) is 17.7. The minimum Gasteiger partial charge on any atom is -0.508 e. The molecule has 0 aliphatic carbocycles. The summed E-state index contributed by atoms with van der Waals surface area (Å²) in [5.41, 5.74) is 2.79. The maximum Gasteiger partial charge on any atom is 0.277 e. The second kappa shape index (κ2) is 8.72. The quantitative estimate of drug-likeness (QED) is 0.342. The molecule has 0 aliphatic heterocycles. The van der Waals surface area contributed by atoms with Gasteiger partial charge in [-0.05, 0) is 36.4 Å². The third-order valence-corrected chi connectivity index (χ3v) is 6.36. The van der Waals surface area contributed by atoms with Crippen LogP contribution in [0.3, 0.4) is 0 Å². The van der Waals surface area contributed by atoms with Crippen molar-refractivity contribution in [1.29, 1.82) is 0 Å². The highest BCUT2D eigenvalue weighted by molar-refractivity contribution is 7.89. The smallest absolute Gasteiger partial charge is 0.277 e. The van der Waals surface area contributed by atoms with Gasteiger partial charge in [-0.25, -0.2) is 0 Å². The zero-order valence-corrected chi connectivity index (χ0v) is 18.5. The Morgan fingerprint density at radius 3 is 2.09 bits per heavy atom. The molecule has 162 valence electrons. The molecular weight excluding hydrogens is 422 g/mol. The molecule has 0 fully saturated rings. The van der Waals surface area contributed by atoms with Crippen LogP contribution in [0, 0.1) is 0 Å². The lowest BCUT2D eigenvalue weighted by molar-refractivity contribution is 0.475. The van der Waals surface area contributed by atoms with E-state index in [-0.39, 0.29) is 10.6 Å². The first-order chi connectivity index (χ1) is 15.4. The Kier molecular flexibility index (Phi) is 5.83. The monoisotopic (exact) mass is 445 g/mol. The van der Waals surface area contributed by atoms with Crippen LogP contribution in [0.4, 0.5) is 5.69 Å². The highest BCUT2D eigenvalue weighted by Gasteiger charge is 2.19. The summed E-state index contributed by atoms with van der Waals surface area (Å²) >= 11 is 0. The van der Waals surface area contributed by atoms with E-state index in [0.717, 1.165) is 16.6 Å². The van der Waals surface area contributed by atoms with Gasteiger partial charge in [0, 0.05) is 41.7 Å². The van der Waals surface area contributed by atoms with E-state index in [2.05, 4.69) is 9.93 Å². The van der Waals surface area contributed by atoms with Crippen LogP contribution in [0.5, 0.6) is 5.75 Å². The number of sulfonamides is 1. The third kappa shape index (κ3) is 4.29. The van der Waals surface area contributed by atoms with Gasteiger partial charge < -0.3 is 10.0 Å². The van der Waals surface area contributed by atoms with Crippen molar-refractivity contribution in [3.8, 4) is 5.75 Å². The van der Waals surface area contributed by atoms with Crippen molar-refractivity contribution in [2.45, 2.75) is 4.90 Å². The fraction of sp³-hybridized carbons (Fsp3) is 0.0800. The summed E-state index contributed by atoms with van der Waals surface area (Å²) in [5.74, 6) is 0.120. The number of phenolic OH excluding ortho intramolecular Hbond substituents is 1. The van der Waals surface area contributed by atoms with Crippen LogP contribution >= 0.6 is 0 Å². The molecule has 0 bridgehead atoms. The zero-order chi connectivity index (χ0) is 22.7. The van der Waals surface area contributed by atoms with Crippen molar-refractivity contribution < 1.29 is 13.5 Å². The number of fused-ring (bicyclic) bond motifs is 1. The summed E-state index contributed by atoms with van der Waals surface area (Å²) in [6, 6.07) is 26.5. The average molecular weight is 446 g/mol. The lowest BCUT2D eigenvalue weighted by atomic mass is 10.0. The van der Waals surface area contributed by atoms with Crippen LogP contribution in [0.1, 0.15) is 11.1 Å². The number of nitrogens with zero attached hydrogens (tertiary/aromatic N) is 2. The number of hydrogen-bond donors (Lipinski definition) is 2. The topological polar surface area (TPSA) is 82.0 Å². The van der Waals surface area contributed by atoms with E-state index < -0.39 is 10.0 Å². The van der Waals surface area contributed by atoms with Crippen LogP contribution in [-0.2, 0) is 10.0 Å². The number of hydrazone groups is 1. The van der Waals surface area contributed by atoms with Crippen LogP contribution in [0.25, 0.3) is 10.8 Å². The minimum absolute atomic E-state index is 0.120. The van der Waals surface area contributed by atoms with Crippen molar-refractivity contribution in [3.63, 3.8) is 0 Å². The summed E-state index contributed by atoms with van der Waals surface area (Å²) < 4.78 is 26.6. The molecule has 0 saturated heterocycles. The summed E-state index contributed by atoms with van der Waals surface area (Å²) in [6.07, 6.45) is 0. The number of anilines is 1. The molecular formula is C25H23N3O3S. The molecule has 0 unspecified atom stereocenters. The first kappa shape index (κ1) is 21.4. The average Bonchev–Trinajstić information content (AvgIpc) is 2.80. The maximum atomic E-state index is 13.3. The van der Waals surface area contributed by atoms with E-state index in [9.17, 15) is 13.5 Å². The van der Waals surface area contributed by atoms with Crippen LogP contribution < -0.4 is 9.73 Å². The number of nitrogens with one attached hydrogen (secondary N) is 1. The van der Waals surface area contributed by atoms with Crippen molar-refractivity contribution in [3.05, 3.63) is 102 Å². The predicted octanol–water partition coefficient (Wildman–Crippen LogP) is 4.34. The van der Waals surface area contributed by atoms with Crippen molar-refractivity contribution in [1.82, 2.24) is 4.83 Å². The normalized spacial score (nSPS) is 12.0. The van der Waals surface area contributed by atoms with E-state index >= 15 is 0 Å². The summed E-state index contributed by atoms with van der Waals surface area (Å²) in [5, 5.41) is 15.4. The van der Waals surface area contributed by atoms with Gasteiger partial charge in [-0.1, -0.05) is 54.6 Å². The molecule has 2 N–H and O–H groups in total. The lowest BCUT2D eigenvalue weighted by Crippen LogP contribution is -2.21. The molecule has 4 aromatic rings. The van der Waals surface area contributed by atoms with Crippen molar-refractivity contribution in [2.24, 2.45) is 5.10 Å². The molecule has 0 radical (unpaired) electrons. The lowest BCUT2D eigenvalue weighted by Gasteiger charge is -2.17. The van der Waals surface area contributed by atoms with Gasteiger partial charge in [-0.15, -0.1) is 0 Å². The van der Waals surface area contributed by atoms with Crippen molar-refractivity contribution in [2.75, 3.05) is 19.0 Å². The van der Waals surface area contributed by atoms with Crippen LogP contribution in [-0.4, -0.2) is 33.3 Å². The second-order valence-corrected chi connectivity index (χ2v) is 9.12. The van der Waals surface area contributed by atoms with E-state index in [0.29, 0.717) is 16.7 Å². The number of benzene rings is 4. The molecule has 4 aromatic carbocycles. The van der Waals surface area contributed by atoms with E-state index in [4.69, 9.17) is 0 Å². The maximum absolute atomic E-state index is 13.3. The first-order valence-corrected chi connectivity index (χ1v) is 11.5. The summed E-state index contributed by atoms with van der Waals surface area (Å²) in [4.78, 5) is 4.51. The standard InChI is InChI=1S/C25H23N3O3S/c1-28(2)23-12-6-11-22-21(23)10-7-13-24(22)32(30,31)27-26-25(18-8-4-3-5-9-18)19-14-16-20(29)17-15-19/h3-17,27,29H,1-2H3/b26-25+. The van der Waals surface area contributed by atoms with E-state index in [1.807, 2.05) is 67.5 Å². The highest BCUT2D eigenvalue weighted by Crippen LogP contribution is 2.30. The molecule has 6 nitrogen and oxygen atoms in total. The largest absolute Gasteiger partial charge is 0.508 e. The Bertz CT molecular complexity index is 1380. The highest BCUT2D eigenvalue weighted by atomic mass is 32.2. The Hall–Kier alpha value is -3.84. The first-order valence-electron chi connectivity index (χ1n) is 10.0. The van der Waals surface area contributed by atoms with Gasteiger partial charge in [0.15, 0.2) is 0 Å². The molecule has 7 heteroatoms. The van der Waals surface area contributed by atoms with Crippen LogP contribution in [0.15, 0.2) is 101 Å². The Morgan fingerprint density at radius 1 is 0.781 bits per heavy atom. The number of hydrogen-bond acceptors (Lipinski definition) is 5. The van der Waals surface area contributed by atoms with Gasteiger partial charge in [0.25, 0.3) is 10.0 Å². The van der Waals surface area contributed by atoms with Gasteiger partial charge in [0.2, 0.25) is 0 Å². The van der Waals surface area contributed by atoms with Gasteiger partial charge >= 0.3 is 0 Å². The summed E-state index contributed by atoms with van der Waals surface area (Å²) in [6.45, 7) is 0. The third-order valence-electron chi connectivity index (χ3n) is 5.10. The number of aromatic hydroxyl groups is 1. The SMILES string of the molecule is CN(C)c1cccc2c(S(=O)(=O)N/N=C(\c3ccccc3)c3ccc(O)cc3)cccc12. The minimum atomic E-state index is -3.95. The van der Waals surface area contributed by atoms with Gasteiger partial charge in [-0.2, -0.15) is 18.4 Å². The molecule has 0 spiro atoms. The summed E-state index contributed by atoms with van der Waals surface area (Å²) in [7, 11) is -0.116. The molecule has 32 heavy (non-hydrogen) atoms. The van der Waals surface area contributed by atoms with Gasteiger partial charge in [0.05, 0.1) is 10.6 Å². The van der Waals surface area contributed by atoms with E-state index in [1.54, 1.807) is 30.3 Å². The van der Waals surface area contributed by atoms with Crippen molar-refractivity contribution >= 4 is 32.2 Å². The van der Waals surface area contributed by atoms with Gasteiger partial charge in [0.1, 0.15) is 5.75 Å². The molecule has 0 amide bonds. The van der Waals surface area contributed by atoms with Crippen LogP contribution in [0.2, 0.25) is 0 Å². The Morgan fingerprint density at radius 2 is 1.41 bits per heavy atom. The fourth-order valence-electron chi connectivity index (χ4n) is 3.55. The molecule has 0 aliphatic rings. The van der Waals surface area contributed by atoms with E-state index in [1.165, 1.54) is 12.1 Å². The fourth-order valence-corrected chi connectivity index (χ4v) is 4.59. The molecule has 0 heterocycles. The second-order valence-electron chi connectivity index (χ2n) is 7.49. The molecule has 4 rings (SSSR count). The Labute approximate surface area is 187 Å². The number of phenols is 1.